The molecule has 6 nitrogen and oxygen atoms in total. The number of aryl methyl sites for hydroxylation is 1. The molecule has 0 atom stereocenters. The third-order valence-corrected chi connectivity index (χ3v) is 7.33. The fraction of sp³-hybridized carbons (Fsp3) is 0.321. The Labute approximate surface area is 199 Å². The Morgan fingerprint density at radius 1 is 0.853 bits per heavy atom. The smallest absolute Gasteiger partial charge is 0.296 e. The summed E-state index contributed by atoms with van der Waals surface area (Å²) in [4.78, 5) is 27.9. The van der Waals surface area contributed by atoms with Crippen LogP contribution in [0.3, 0.4) is 0 Å². The molecule has 2 aliphatic rings. The first kappa shape index (κ1) is 20.9. The Hall–Kier alpha value is -3.67. The molecule has 172 valence electrons. The van der Waals surface area contributed by atoms with Crippen LogP contribution in [0, 0.1) is 13.8 Å². The summed E-state index contributed by atoms with van der Waals surface area (Å²) in [6, 6.07) is 18.4. The fourth-order valence-electron chi connectivity index (χ4n) is 5.44. The second kappa shape index (κ2) is 8.28. The van der Waals surface area contributed by atoms with Gasteiger partial charge in [0.1, 0.15) is 5.82 Å². The van der Waals surface area contributed by atoms with Crippen LogP contribution in [0.4, 0.5) is 11.5 Å². The number of rotatable bonds is 3. The lowest BCUT2D eigenvalue weighted by Crippen LogP contribution is -2.33. The standard InChI is InChI=1S/C28H29N5O/c1-19-20(2)33(22-12-5-3-6-13-22)27-24(19)26(31-16-9-4-10-17-31)29-25(30-27)28(34)32-18-15-21-11-7-8-14-23(21)32/h3,5-8,11-14H,4,9-10,15-18H2,1-2H3. The Kier molecular flexibility index (Phi) is 5.09. The third-order valence-electron chi connectivity index (χ3n) is 7.33. The van der Waals surface area contributed by atoms with Gasteiger partial charge in [0.15, 0.2) is 5.65 Å². The van der Waals surface area contributed by atoms with E-state index in [1.54, 1.807) is 0 Å². The van der Waals surface area contributed by atoms with Gasteiger partial charge in [-0.1, -0.05) is 36.4 Å². The summed E-state index contributed by atoms with van der Waals surface area (Å²) in [6.07, 6.45) is 4.39. The van der Waals surface area contributed by atoms with Crippen LogP contribution in [-0.4, -0.2) is 40.1 Å². The summed E-state index contributed by atoms with van der Waals surface area (Å²) in [7, 11) is 0. The van der Waals surface area contributed by atoms with Crippen LogP contribution in [0.5, 0.6) is 0 Å². The minimum Gasteiger partial charge on any atom is -0.356 e. The minimum absolute atomic E-state index is 0.124. The van der Waals surface area contributed by atoms with Gasteiger partial charge in [-0.05, 0) is 68.9 Å². The molecule has 0 unspecified atom stereocenters. The van der Waals surface area contributed by atoms with E-state index in [4.69, 9.17) is 9.97 Å². The number of fused-ring (bicyclic) bond motifs is 2. The maximum absolute atomic E-state index is 13.8. The predicted molar refractivity (Wildman–Crippen MR) is 136 cm³/mol. The Morgan fingerprint density at radius 2 is 1.59 bits per heavy atom. The molecule has 0 saturated carbocycles. The normalized spacial score (nSPS) is 15.7. The molecule has 34 heavy (non-hydrogen) atoms. The summed E-state index contributed by atoms with van der Waals surface area (Å²) in [5.41, 5.74) is 6.34. The van der Waals surface area contributed by atoms with E-state index in [2.05, 4.69) is 41.5 Å². The molecule has 4 aromatic rings. The highest BCUT2D eigenvalue weighted by molar-refractivity contribution is 6.07. The van der Waals surface area contributed by atoms with Crippen molar-refractivity contribution in [1.29, 1.82) is 0 Å². The van der Waals surface area contributed by atoms with Crippen molar-refractivity contribution in [2.45, 2.75) is 39.5 Å². The summed E-state index contributed by atoms with van der Waals surface area (Å²) in [6.45, 7) is 6.85. The SMILES string of the molecule is Cc1c(C)n(-c2ccccc2)c2nc(C(=O)N3CCc4ccccc43)nc(N3CCCCC3)c12. The molecule has 1 saturated heterocycles. The van der Waals surface area contributed by atoms with E-state index in [-0.39, 0.29) is 11.7 Å². The summed E-state index contributed by atoms with van der Waals surface area (Å²) < 4.78 is 2.18. The Morgan fingerprint density at radius 3 is 2.38 bits per heavy atom. The second-order valence-electron chi connectivity index (χ2n) is 9.33. The second-order valence-corrected chi connectivity index (χ2v) is 9.33. The zero-order valence-electron chi connectivity index (χ0n) is 19.8. The number of carbonyl (C=O) groups is 1. The van der Waals surface area contributed by atoms with E-state index in [1.165, 1.54) is 17.5 Å². The average Bonchev–Trinajstić information content (AvgIpc) is 3.43. The molecular formula is C28H29N5O. The maximum Gasteiger partial charge on any atom is 0.296 e. The van der Waals surface area contributed by atoms with Crippen LogP contribution in [0.15, 0.2) is 54.6 Å². The van der Waals surface area contributed by atoms with Crippen molar-refractivity contribution < 1.29 is 4.79 Å². The zero-order valence-corrected chi connectivity index (χ0v) is 19.8. The van der Waals surface area contributed by atoms with Crippen LogP contribution < -0.4 is 9.80 Å². The summed E-state index contributed by atoms with van der Waals surface area (Å²) >= 11 is 0. The monoisotopic (exact) mass is 451 g/mol. The first-order chi connectivity index (χ1) is 16.6. The van der Waals surface area contributed by atoms with Crippen molar-refractivity contribution >= 4 is 28.4 Å². The topological polar surface area (TPSA) is 54.3 Å². The highest BCUT2D eigenvalue weighted by atomic mass is 16.2. The number of piperidine rings is 1. The van der Waals surface area contributed by atoms with E-state index >= 15 is 0 Å². The number of carbonyl (C=O) groups excluding carboxylic acids is 1. The van der Waals surface area contributed by atoms with Gasteiger partial charge >= 0.3 is 0 Å². The van der Waals surface area contributed by atoms with Crippen LogP contribution in [0.1, 0.15) is 46.7 Å². The van der Waals surface area contributed by atoms with E-state index in [1.807, 2.05) is 41.3 Å². The first-order valence-electron chi connectivity index (χ1n) is 12.2. The quantitative estimate of drug-likeness (QED) is 0.428. The third kappa shape index (κ3) is 3.28. The van der Waals surface area contributed by atoms with Crippen molar-refractivity contribution in [3.8, 4) is 5.69 Å². The molecular weight excluding hydrogens is 422 g/mol. The van der Waals surface area contributed by atoms with Crippen molar-refractivity contribution in [3.63, 3.8) is 0 Å². The van der Waals surface area contributed by atoms with Gasteiger partial charge in [0.05, 0.1) is 5.39 Å². The average molecular weight is 452 g/mol. The van der Waals surface area contributed by atoms with Crippen molar-refractivity contribution in [2.75, 3.05) is 29.4 Å². The number of hydrogen-bond acceptors (Lipinski definition) is 4. The number of amides is 1. The molecule has 0 aliphatic carbocycles. The number of aromatic nitrogens is 3. The molecule has 6 heteroatoms. The summed E-state index contributed by atoms with van der Waals surface area (Å²) in [5, 5.41) is 1.06. The van der Waals surface area contributed by atoms with Crippen molar-refractivity contribution in [1.82, 2.24) is 14.5 Å². The highest BCUT2D eigenvalue weighted by Gasteiger charge is 2.30. The fourth-order valence-corrected chi connectivity index (χ4v) is 5.44. The molecule has 4 heterocycles. The summed E-state index contributed by atoms with van der Waals surface area (Å²) in [5.74, 6) is 1.05. The number of anilines is 2. The van der Waals surface area contributed by atoms with Gasteiger partial charge < -0.3 is 9.80 Å². The Bertz CT molecular complexity index is 1390. The predicted octanol–water partition coefficient (Wildman–Crippen LogP) is 5.23. The Balaban J connectivity index is 1.56. The van der Waals surface area contributed by atoms with Gasteiger partial charge in [-0.25, -0.2) is 9.97 Å². The molecule has 0 bridgehead atoms. The van der Waals surface area contributed by atoms with Gasteiger partial charge in [-0.3, -0.25) is 9.36 Å². The molecule has 2 aromatic heterocycles. The molecule has 2 aliphatic heterocycles. The molecule has 0 N–H and O–H groups in total. The first-order valence-corrected chi connectivity index (χ1v) is 12.2. The van der Waals surface area contributed by atoms with E-state index in [9.17, 15) is 4.79 Å². The molecule has 0 spiro atoms. The number of nitrogens with zero attached hydrogens (tertiary/aromatic N) is 5. The molecule has 1 amide bonds. The molecule has 0 radical (unpaired) electrons. The lowest BCUT2D eigenvalue weighted by Gasteiger charge is -2.29. The van der Waals surface area contributed by atoms with E-state index < -0.39 is 0 Å². The number of hydrogen-bond donors (Lipinski definition) is 0. The van der Waals surface area contributed by atoms with Gasteiger partial charge in [0.25, 0.3) is 5.91 Å². The van der Waals surface area contributed by atoms with Crippen LogP contribution in [0.25, 0.3) is 16.7 Å². The largest absolute Gasteiger partial charge is 0.356 e. The highest BCUT2D eigenvalue weighted by Crippen LogP contribution is 2.36. The molecule has 6 rings (SSSR count). The van der Waals surface area contributed by atoms with Crippen LogP contribution in [-0.2, 0) is 6.42 Å². The zero-order chi connectivity index (χ0) is 23.2. The molecule has 2 aromatic carbocycles. The van der Waals surface area contributed by atoms with Gasteiger partial charge in [-0.2, -0.15) is 0 Å². The van der Waals surface area contributed by atoms with Gasteiger partial charge in [0, 0.05) is 36.7 Å². The van der Waals surface area contributed by atoms with Crippen LogP contribution >= 0.6 is 0 Å². The molecule has 1 fully saturated rings. The number of para-hydroxylation sites is 2. The van der Waals surface area contributed by atoms with Gasteiger partial charge in [-0.15, -0.1) is 0 Å². The van der Waals surface area contributed by atoms with Crippen molar-refractivity contribution in [2.24, 2.45) is 0 Å². The number of benzene rings is 2. The lowest BCUT2D eigenvalue weighted by molar-refractivity contribution is 0.0979. The van der Waals surface area contributed by atoms with Crippen molar-refractivity contribution in [3.05, 3.63) is 77.2 Å². The van der Waals surface area contributed by atoms with Gasteiger partial charge in [0.2, 0.25) is 5.82 Å². The minimum atomic E-state index is -0.124. The van der Waals surface area contributed by atoms with E-state index in [0.717, 1.165) is 66.3 Å². The van der Waals surface area contributed by atoms with E-state index in [0.29, 0.717) is 6.54 Å². The van der Waals surface area contributed by atoms with Crippen LogP contribution in [0.2, 0.25) is 0 Å². The maximum atomic E-state index is 13.8. The lowest BCUT2D eigenvalue weighted by atomic mass is 10.1.